The van der Waals surface area contributed by atoms with Gasteiger partial charge in [-0.05, 0) is 84.9 Å². The minimum absolute atomic E-state index is 0.538. The quantitative estimate of drug-likeness (QED) is 0.161. The van der Waals surface area contributed by atoms with E-state index in [1.807, 2.05) is 141 Å². The molecule has 8 heteroatoms. The summed E-state index contributed by atoms with van der Waals surface area (Å²) in [4.78, 5) is 18.8. The van der Waals surface area contributed by atoms with Crippen molar-refractivity contribution in [2.45, 2.75) is 0 Å². The van der Waals surface area contributed by atoms with Crippen molar-refractivity contribution in [1.29, 1.82) is 0 Å². The van der Waals surface area contributed by atoms with Crippen molar-refractivity contribution in [3.63, 3.8) is 0 Å². The largest absolute Gasteiger partial charge is 0.457 e. The maximum Gasteiger partial charge on any atom is 0.234 e. The molecule has 0 aliphatic heterocycles. The zero-order valence-electron chi connectivity index (χ0n) is 27.6. The fraction of sp³-hybridized carbons (Fsp3) is 0.0233. The molecule has 0 unspecified atom stereocenters. The molecule has 0 aliphatic carbocycles. The smallest absolute Gasteiger partial charge is 0.234 e. The summed E-state index contributed by atoms with van der Waals surface area (Å²) < 4.78 is 17.0. The fourth-order valence-electron chi connectivity index (χ4n) is 6.43. The molecule has 0 aliphatic rings. The number of hydrogen-bond donors (Lipinski definition) is 0. The van der Waals surface area contributed by atoms with Crippen molar-refractivity contribution in [2.24, 2.45) is 7.05 Å². The van der Waals surface area contributed by atoms with Crippen LogP contribution in [-0.4, -0.2) is 29.1 Å². The lowest BCUT2D eigenvalue weighted by molar-refractivity contribution is 0.483. The molecule has 0 saturated heterocycles. The number of ether oxygens (including phenoxy) is 2. The Kier molecular flexibility index (Phi) is 7.51. The topological polar surface area (TPSA) is 79.9 Å². The van der Waals surface area contributed by atoms with E-state index >= 15 is 0 Å². The highest BCUT2D eigenvalue weighted by molar-refractivity contribution is 6.09. The van der Waals surface area contributed by atoms with E-state index in [1.54, 1.807) is 12.4 Å². The van der Waals surface area contributed by atoms with E-state index in [-0.39, 0.29) is 0 Å². The van der Waals surface area contributed by atoms with Gasteiger partial charge in [0, 0.05) is 77.6 Å². The molecule has 51 heavy (non-hydrogen) atoms. The summed E-state index contributed by atoms with van der Waals surface area (Å²) in [6.45, 7) is 0. The molecule has 5 heterocycles. The van der Waals surface area contributed by atoms with Crippen LogP contribution in [0.15, 0.2) is 164 Å². The Hall–Kier alpha value is -7.06. The number of rotatable bonds is 8. The fourth-order valence-corrected chi connectivity index (χ4v) is 6.43. The molecule has 0 N–H and O–H groups in total. The summed E-state index contributed by atoms with van der Waals surface area (Å²) >= 11 is 0. The Balaban J connectivity index is 1.13. The molecular formula is C43H30N6O2. The van der Waals surface area contributed by atoms with Gasteiger partial charge in [0.25, 0.3) is 0 Å². The maximum absolute atomic E-state index is 6.45. The Morgan fingerprint density at radius 2 is 1.02 bits per heavy atom. The van der Waals surface area contributed by atoms with E-state index in [4.69, 9.17) is 19.4 Å². The number of fused-ring (bicyclic) bond motifs is 3. The third kappa shape index (κ3) is 5.85. The van der Waals surface area contributed by atoms with Gasteiger partial charge in [-0.3, -0.25) is 14.5 Å². The van der Waals surface area contributed by atoms with E-state index in [1.165, 1.54) is 0 Å². The van der Waals surface area contributed by atoms with Gasteiger partial charge in [0.05, 0.1) is 28.1 Å². The number of benzene rings is 4. The van der Waals surface area contributed by atoms with E-state index in [0.29, 0.717) is 28.9 Å². The lowest BCUT2D eigenvalue weighted by Crippen LogP contribution is -2.02. The average molecular weight is 663 g/mol. The Labute approximate surface area is 293 Å². The van der Waals surface area contributed by atoms with Gasteiger partial charge in [-0.1, -0.05) is 36.4 Å². The Bertz CT molecular complexity index is 2510. The molecule has 5 aromatic heterocycles. The van der Waals surface area contributed by atoms with Gasteiger partial charge in [-0.25, -0.2) is 9.97 Å². The van der Waals surface area contributed by atoms with Crippen LogP contribution in [0.25, 0.3) is 61.5 Å². The summed E-state index contributed by atoms with van der Waals surface area (Å²) in [5.41, 5.74) is 7.51. The molecule has 8 nitrogen and oxygen atoms in total. The number of aromatic nitrogens is 6. The third-order valence-electron chi connectivity index (χ3n) is 8.85. The first kappa shape index (κ1) is 30.0. The predicted molar refractivity (Wildman–Crippen MR) is 200 cm³/mol. The number of aryl methyl sites for hydroxylation is 1. The Morgan fingerprint density at radius 3 is 1.51 bits per heavy atom. The first-order valence-electron chi connectivity index (χ1n) is 16.6. The van der Waals surface area contributed by atoms with Crippen LogP contribution in [0.3, 0.4) is 0 Å². The monoisotopic (exact) mass is 662 g/mol. The van der Waals surface area contributed by atoms with Gasteiger partial charge in [0.1, 0.15) is 23.0 Å². The SMILES string of the molecule is Cn1cccc1-c1cnc(-n2c3cc(Oc4cccc(-c5ccccn5)c4)ccc3c3ccc(Oc4cccc(-c5ccccn5)c4)cc32)nc1. The summed E-state index contributed by atoms with van der Waals surface area (Å²) in [6, 6.07) is 44.0. The molecule has 0 atom stereocenters. The van der Waals surface area contributed by atoms with Gasteiger partial charge in [-0.15, -0.1) is 0 Å². The number of nitrogens with zero attached hydrogens (tertiary/aromatic N) is 6. The molecule has 0 bridgehead atoms. The van der Waals surface area contributed by atoms with E-state index in [2.05, 4.69) is 37.3 Å². The minimum Gasteiger partial charge on any atom is -0.457 e. The van der Waals surface area contributed by atoms with Crippen LogP contribution >= 0.6 is 0 Å². The summed E-state index contributed by atoms with van der Waals surface area (Å²) in [7, 11) is 2.01. The molecular weight excluding hydrogens is 633 g/mol. The van der Waals surface area contributed by atoms with Gasteiger partial charge < -0.3 is 14.0 Å². The standard InChI is InChI=1S/C43H30N6O2/c1-48-22-8-15-40(48)31-27-46-43(47-28-31)49-41-25-34(50-32-11-6-9-29(23-32)38-13-2-4-20-44-38)16-18-36(41)37-19-17-35(26-42(37)49)51-33-12-7-10-30(24-33)39-14-3-5-21-45-39/h2-28H,1H3. The molecule has 0 radical (unpaired) electrons. The van der Waals surface area contributed by atoms with Crippen molar-refractivity contribution in [3.8, 4) is 62.7 Å². The number of hydrogen-bond acceptors (Lipinski definition) is 6. The van der Waals surface area contributed by atoms with Crippen LogP contribution in [0.4, 0.5) is 0 Å². The lowest BCUT2D eigenvalue weighted by Gasteiger charge is -2.11. The van der Waals surface area contributed by atoms with Crippen molar-refractivity contribution < 1.29 is 9.47 Å². The van der Waals surface area contributed by atoms with E-state index in [9.17, 15) is 0 Å². The van der Waals surface area contributed by atoms with Crippen LogP contribution in [0, 0.1) is 0 Å². The van der Waals surface area contributed by atoms with Crippen LogP contribution in [-0.2, 0) is 7.05 Å². The van der Waals surface area contributed by atoms with Crippen LogP contribution in [0.5, 0.6) is 23.0 Å². The molecule has 0 amide bonds. The zero-order chi connectivity index (χ0) is 34.1. The second-order valence-corrected chi connectivity index (χ2v) is 12.2. The van der Waals surface area contributed by atoms with Crippen molar-refractivity contribution in [2.75, 3.05) is 0 Å². The van der Waals surface area contributed by atoms with E-state index < -0.39 is 0 Å². The molecule has 0 spiro atoms. The van der Waals surface area contributed by atoms with Crippen LogP contribution in [0.1, 0.15) is 0 Å². The van der Waals surface area contributed by atoms with Crippen LogP contribution in [0.2, 0.25) is 0 Å². The number of pyridine rings is 2. The van der Waals surface area contributed by atoms with Crippen molar-refractivity contribution >= 4 is 21.8 Å². The molecule has 0 saturated carbocycles. The highest BCUT2D eigenvalue weighted by Crippen LogP contribution is 2.38. The first-order valence-corrected chi connectivity index (χ1v) is 16.6. The van der Waals surface area contributed by atoms with E-state index in [0.717, 1.165) is 55.6 Å². The molecule has 9 rings (SSSR count). The molecule has 244 valence electrons. The maximum atomic E-state index is 6.45. The molecule has 9 aromatic rings. The van der Waals surface area contributed by atoms with Crippen molar-refractivity contribution in [1.82, 2.24) is 29.1 Å². The zero-order valence-corrected chi connectivity index (χ0v) is 27.6. The van der Waals surface area contributed by atoms with Gasteiger partial charge in [0.15, 0.2) is 0 Å². The third-order valence-corrected chi connectivity index (χ3v) is 8.85. The minimum atomic E-state index is 0.538. The average Bonchev–Trinajstić information content (AvgIpc) is 3.76. The molecule has 4 aromatic carbocycles. The predicted octanol–water partition coefficient (Wildman–Crippen LogP) is 10.3. The van der Waals surface area contributed by atoms with Gasteiger partial charge in [0.2, 0.25) is 5.95 Å². The van der Waals surface area contributed by atoms with Crippen molar-refractivity contribution in [3.05, 3.63) is 164 Å². The summed E-state index contributed by atoms with van der Waals surface area (Å²) in [5.74, 6) is 3.34. The van der Waals surface area contributed by atoms with Gasteiger partial charge >= 0.3 is 0 Å². The highest BCUT2D eigenvalue weighted by atomic mass is 16.5. The second-order valence-electron chi connectivity index (χ2n) is 12.2. The molecule has 0 fully saturated rings. The summed E-state index contributed by atoms with van der Waals surface area (Å²) in [5, 5.41) is 2.08. The first-order chi connectivity index (χ1) is 25.2. The summed E-state index contributed by atoms with van der Waals surface area (Å²) in [6.07, 6.45) is 9.32. The highest BCUT2D eigenvalue weighted by Gasteiger charge is 2.17. The second kappa shape index (κ2) is 12.8. The van der Waals surface area contributed by atoms with Gasteiger partial charge in [-0.2, -0.15) is 0 Å². The van der Waals surface area contributed by atoms with Crippen LogP contribution < -0.4 is 9.47 Å². The Morgan fingerprint density at radius 1 is 0.471 bits per heavy atom. The normalized spacial score (nSPS) is 11.2. The lowest BCUT2D eigenvalue weighted by atomic mass is 10.1.